The van der Waals surface area contributed by atoms with Gasteiger partial charge in [0.2, 0.25) is 5.91 Å². The van der Waals surface area contributed by atoms with E-state index < -0.39 is 0 Å². The minimum Gasteiger partial charge on any atom is -0.339 e. The lowest BCUT2D eigenvalue weighted by Gasteiger charge is -2.53. The van der Waals surface area contributed by atoms with Crippen LogP contribution in [0.5, 0.6) is 0 Å². The largest absolute Gasteiger partial charge is 0.339 e. The number of piperazine rings is 1. The van der Waals surface area contributed by atoms with E-state index >= 15 is 0 Å². The van der Waals surface area contributed by atoms with Crippen molar-refractivity contribution in [3.8, 4) is 0 Å². The quantitative estimate of drug-likeness (QED) is 0.707. The van der Waals surface area contributed by atoms with Crippen molar-refractivity contribution in [3.05, 3.63) is 18.0 Å². The average Bonchev–Trinajstić information content (AvgIpc) is 3.28. The summed E-state index contributed by atoms with van der Waals surface area (Å²) >= 11 is 0. The Kier molecular flexibility index (Phi) is 5.35. The highest BCUT2D eigenvalue weighted by Crippen LogP contribution is 2.38. The van der Waals surface area contributed by atoms with Crippen molar-refractivity contribution in [2.24, 2.45) is 11.8 Å². The van der Waals surface area contributed by atoms with Crippen LogP contribution in [0.2, 0.25) is 0 Å². The van der Waals surface area contributed by atoms with Gasteiger partial charge in [0.05, 0.1) is 0 Å². The first-order valence-electron chi connectivity index (χ1n) is 11.7. The third-order valence-electron chi connectivity index (χ3n) is 7.52. The lowest BCUT2D eigenvalue weighted by Crippen LogP contribution is -2.63. The van der Waals surface area contributed by atoms with Gasteiger partial charge >= 0.3 is 6.03 Å². The molecule has 9 nitrogen and oxygen atoms in total. The second-order valence-electron chi connectivity index (χ2n) is 9.37. The van der Waals surface area contributed by atoms with Crippen LogP contribution < -0.4 is 0 Å². The zero-order valence-electron chi connectivity index (χ0n) is 18.3. The van der Waals surface area contributed by atoms with E-state index in [1.165, 1.54) is 0 Å². The zero-order chi connectivity index (χ0) is 21.5. The minimum absolute atomic E-state index is 0.0130. The number of urea groups is 1. The molecule has 0 radical (unpaired) electrons. The first-order valence-corrected chi connectivity index (χ1v) is 11.7. The van der Waals surface area contributed by atoms with Gasteiger partial charge in [-0.15, -0.1) is 0 Å². The summed E-state index contributed by atoms with van der Waals surface area (Å²) in [4.78, 5) is 46.3. The molecule has 0 aliphatic carbocycles. The summed E-state index contributed by atoms with van der Waals surface area (Å²) in [6.45, 7) is 7.13. The summed E-state index contributed by atoms with van der Waals surface area (Å²) in [6, 6.07) is 2.16. The van der Waals surface area contributed by atoms with Crippen LogP contribution in [0.4, 0.5) is 4.79 Å². The maximum Gasteiger partial charge on any atom is 0.320 e. The highest BCUT2D eigenvalue weighted by molar-refractivity contribution is 5.92. The van der Waals surface area contributed by atoms with Crippen LogP contribution in [0, 0.1) is 11.8 Å². The number of rotatable bonds is 2. The molecule has 0 saturated carbocycles. The molecule has 2 bridgehead atoms. The molecule has 0 N–H and O–H groups in total. The number of likely N-dealkylation sites (tertiary alicyclic amines) is 1. The summed E-state index contributed by atoms with van der Waals surface area (Å²) in [7, 11) is 0. The molecule has 3 atom stereocenters. The van der Waals surface area contributed by atoms with Gasteiger partial charge in [-0.2, -0.15) is 5.10 Å². The number of amides is 4. The van der Waals surface area contributed by atoms with Gasteiger partial charge in [-0.1, -0.05) is 0 Å². The van der Waals surface area contributed by atoms with Crippen LogP contribution in [-0.4, -0.2) is 99.1 Å². The Balaban J connectivity index is 1.19. The predicted molar refractivity (Wildman–Crippen MR) is 113 cm³/mol. The molecule has 1 aromatic rings. The van der Waals surface area contributed by atoms with E-state index in [0.717, 1.165) is 38.9 Å². The Morgan fingerprint density at radius 1 is 1.06 bits per heavy atom. The fraction of sp³-hybridized carbons (Fsp3) is 0.727. The van der Waals surface area contributed by atoms with E-state index in [1.54, 1.807) is 16.9 Å². The topological polar surface area (TPSA) is 82.0 Å². The monoisotopic (exact) mass is 428 g/mol. The molecule has 4 amide bonds. The van der Waals surface area contributed by atoms with Gasteiger partial charge in [0.1, 0.15) is 5.69 Å². The Labute approximate surface area is 182 Å². The van der Waals surface area contributed by atoms with Gasteiger partial charge < -0.3 is 19.6 Å². The Bertz CT molecular complexity index is 861. The smallest absolute Gasteiger partial charge is 0.320 e. The molecule has 1 aromatic heterocycles. The third-order valence-corrected chi connectivity index (χ3v) is 7.52. The van der Waals surface area contributed by atoms with E-state index in [9.17, 15) is 14.4 Å². The second-order valence-corrected chi connectivity index (χ2v) is 9.37. The van der Waals surface area contributed by atoms with Crippen LogP contribution in [0.3, 0.4) is 0 Å². The molecule has 31 heavy (non-hydrogen) atoms. The van der Waals surface area contributed by atoms with Gasteiger partial charge in [-0.3, -0.25) is 14.3 Å². The number of carbonyl (C=O) groups is 3. The first-order chi connectivity index (χ1) is 15.0. The van der Waals surface area contributed by atoms with Crippen molar-refractivity contribution >= 4 is 17.8 Å². The third kappa shape index (κ3) is 3.68. The number of fused-ring (bicyclic) bond motifs is 4. The van der Waals surface area contributed by atoms with Crippen molar-refractivity contribution in [1.29, 1.82) is 0 Å². The van der Waals surface area contributed by atoms with Gasteiger partial charge in [0.15, 0.2) is 0 Å². The van der Waals surface area contributed by atoms with Crippen LogP contribution >= 0.6 is 0 Å². The zero-order valence-corrected chi connectivity index (χ0v) is 18.3. The van der Waals surface area contributed by atoms with Crippen molar-refractivity contribution < 1.29 is 14.4 Å². The molecular formula is C22H32N6O3. The molecule has 4 fully saturated rings. The van der Waals surface area contributed by atoms with Crippen molar-refractivity contribution in [1.82, 2.24) is 29.4 Å². The Hall–Kier alpha value is -2.58. The lowest BCUT2D eigenvalue weighted by molar-refractivity contribution is -0.144. The number of nitrogens with zero attached hydrogens (tertiary/aromatic N) is 6. The fourth-order valence-corrected chi connectivity index (χ4v) is 6.00. The predicted octanol–water partition coefficient (Wildman–Crippen LogP) is 1.11. The molecule has 5 rings (SSSR count). The average molecular weight is 429 g/mol. The normalized spacial score (nSPS) is 28.5. The first kappa shape index (κ1) is 20.3. The Morgan fingerprint density at radius 3 is 2.61 bits per heavy atom. The van der Waals surface area contributed by atoms with Gasteiger partial charge in [-0.05, 0) is 44.1 Å². The number of aryl methyl sites for hydroxylation is 1. The summed E-state index contributed by atoms with van der Waals surface area (Å²) in [5, 5.41) is 4.19. The molecule has 9 heteroatoms. The molecule has 168 valence electrons. The van der Waals surface area contributed by atoms with Gasteiger partial charge in [0.25, 0.3) is 5.91 Å². The van der Waals surface area contributed by atoms with E-state index in [4.69, 9.17) is 0 Å². The van der Waals surface area contributed by atoms with Crippen molar-refractivity contribution in [3.63, 3.8) is 0 Å². The SMILES string of the molecule is CCn1nccc1C(=O)N1CCN(C(=O)N2CC3CC(C2)[C@H]2CCCC(=O)N2C3)CC1. The van der Waals surface area contributed by atoms with E-state index in [1.807, 2.05) is 21.6 Å². The number of aromatic nitrogens is 2. The molecule has 5 heterocycles. The molecule has 4 aliphatic heterocycles. The Morgan fingerprint density at radius 2 is 1.84 bits per heavy atom. The summed E-state index contributed by atoms with van der Waals surface area (Å²) in [6.07, 6.45) is 5.51. The number of hydrogen-bond donors (Lipinski definition) is 0. The highest BCUT2D eigenvalue weighted by Gasteiger charge is 2.45. The van der Waals surface area contributed by atoms with Crippen molar-refractivity contribution in [2.75, 3.05) is 45.8 Å². The second kappa shape index (κ2) is 8.16. The number of piperidine rings is 3. The van der Waals surface area contributed by atoms with Crippen LogP contribution in [0.25, 0.3) is 0 Å². The van der Waals surface area contributed by atoms with Gasteiger partial charge in [-0.25, -0.2) is 4.79 Å². The standard InChI is InChI=1S/C22H32N6O3/c1-2-28-19(6-7-23-28)21(30)24-8-10-25(11-9-24)22(31)26-13-16-12-17(15-26)18-4-3-5-20(29)27(18)14-16/h6-7,16-18H,2-5,8-15H2,1H3/t16?,17?,18-/m1/s1. The van der Waals surface area contributed by atoms with E-state index in [2.05, 4.69) is 10.00 Å². The lowest BCUT2D eigenvalue weighted by atomic mass is 9.76. The van der Waals surface area contributed by atoms with E-state index in [0.29, 0.717) is 68.6 Å². The highest BCUT2D eigenvalue weighted by atomic mass is 16.2. The van der Waals surface area contributed by atoms with Crippen LogP contribution in [-0.2, 0) is 11.3 Å². The molecule has 4 saturated heterocycles. The van der Waals surface area contributed by atoms with E-state index in [-0.39, 0.29) is 11.9 Å². The number of hydrogen-bond acceptors (Lipinski definition) is 4. The van der Waals surface area contributed by atoms with Gasteiger partial charge in [0, 0.05) is 71.0 Å². The molecule has 4 aliphatic rings. The molecular weight excluding hydrogens is 396 g/mol. The van der Waals surface area contributed by atoms with Crippen LogP contribution in [0.15, 0.2) is 12.3 Å². The summed E-state index contributed by atoms with van der Waals surface area (Å²) in [5.41, 5.74) is 0.609. The molecule has 0 aromatic carbocycles. The number of carbonyl (C=O) groups excluding carboxylic acids is 3. The molecule has 0 spiro atoms. The maximum atomic E-state index is 13.3. The minimum atomic E-state index is -0.0130. The fourth-order valence-electron chi connectivity index (χ4n) is 6.00. The van der Waals surface area contributed by atoms with Crippen LogP contribution in [0.1, 0.15) is 43.1 Å². The maximum absolute atomic E-state index is 13.3. The molecule has 2 unspecified atom stereocenters. The summed E-state index contributed by atoms with van der Waals surface area (Å²) in [5.74, 6) is 1.08. The van der Waals surface area contributed by atoms with Crippen molar-refractivity contribution in [2.45, 2.75) is 45.2 Å². The summed E-state index contributed by atoms with van der Waals surface area (Å²) < 4.78 is 1.71.